The molecule has 2 bridgehead atoms. The number of para-hydroxylation sites is 1. The summed E-state index contributed by atoms with van der Waals surface area (Å²) in [5.41, 5.74) is 1.25. The van der Waals surface area contributed by atoms with E-state index in [-0.39, 0.29) is 12.3 Å². The fourth-order valence-corrected chi connectivity index (χ4v) is 4.84. The van der Waals surface area contributed by atoms with Gasteiger partial charge in [-0.2, -0.15) is 0 Å². The zero-order valence-corrected chi connectivity index (χ0v) is 19.0. The molecule has 0 saturated heterocycles. The number of aromatic hydroxyl groups is 1. The standard InChI is InChI=1S/C26H27N3O5/c1-33-17-22-27-14-7-8-16-34-21-12-6-5-11-19(21)23(18-9-3-2-4-10-18)29(22)28-15-13-20(30)25(31)24(28)26(27)32/h2-6,9-13,15,22-23,31H,7-8,14,16-17H2,1H3/t22-,23-/m1/s1. The summed E-state index contributed by atoms with van der Waals surface area (Å²) in [4.78, 5) is 27.7. The molecule has 0 unspecified atom stereocenters. The van der Waals surface area contributed by atoms with Crippen molar-refractivity contribution in [2.24, 2.45) is 0 Å². The van der Waals surface area contributed by atoms with E-state index in [1.165, 1.54) is 6.07 Å². The summed E-state index contributed by atoms with van der Waals surface area (Å²) in [6.07, 6.45) is 2.52. The van der Waals surface area contributed by atoms with Crippen LogP contribution < -0.4 is 15.2 Å². The summed E-state index contributed by atoms with van der Waals surface area (Å²) < 4.78 is 13.4. The van der Waals surface area contributed by atoms with Crippen LogP contribution >= 0.6 is 0 Å². The van der Waals surface area contributed by atoms with Crippen LogP contribution in [0.3, 0.4) is 0 Å². The van der Waals surface area contributed by atoms with E-state index < -0.39 is 29.3 Å². The number of fused-ring (bicyclic) bond motifs is 5. The topological polar surface area (TPSA) is 84.2 Å². The van der Waals surface area contributed by atoms with Gasteiger partial charge in [-0.1, -0.05) is 48.5 Å². The van der Waals surface area contributed by atoms with E-state index in [0.717, 1.165) is 23.3 Å². The number of aromatic nitrogens is 1. The minimum atomic E-state index is -0.589. The van der Waals surface area contributed by atoms with Crippen molar-refractivity contribution in [2.45, 2.75) is 25.0 Å². The van der Waals surface area contributed by atoms with Crippen LogP contribution in [0.2, 0.25) is 0 Å². The fourth-order valence-electron chi connectivity index (χ4n) is 4.84. The summed E-state index contributed by atoms with van der Waals surface area (Å²) >= 11 is 0. The molecule has 3 heterocycles. The molecule has 8 nitrogen and oxygen atoms in total. The Morgan fingerprint density at radius 3 is 2.59 bits per heavy atom. The van der Waals surface area contributed by atoms with Gasteiger partial charge in [0.05, 0.1) is 13.2 Å². The van der Waals surface area contributed by atoms with Gasteiger partial charge in [-0.15, -0.1) is 0 Å². The largest absolute Gasteiger partial charge is 0.502 e. The highest BCUT2D eigenvalue weighted by molar-refractivity contribution is 5.96. The number of hydrogen-bond acceptors (Lipinski definition) is 6. The SMILES string of the molecule is COC[C@@H]1N2CCCCOc3ccccc3[C@@H](c3ccccc3)N1n1ccc(=O)c(O)c1C2=O. The Balaban J connectivity index is 1.84. The smallest absolute Gasteiger partial charge is 0.278 e. The van der Waals surface area contributed by atoms with Crippen LogP contribution in [0.15, 0.2) is 71.7 Å². The summed E-state index contributed by atoms with van der Waals surface area (Å²) in [7, 11) is 1.60. The van der Waals surface area contributed by atoms with Crippen molar-refractivity contribution >= 4 is 5.91 Å². The number of amides is 1. The second kappa shape index (κ2) is 9.23. The normalized spacial score (nSPS) is 20.1. The van der Waals surface area contributed by atoms with Crippen molar-refractivity contribution in [3.05, 3.63) is 93.9 Å². The van der Waals surface area contributed by atoms with Crippen LogP contribution in [-0.4, -0.2) is 53.6 Å². The first-order valence-corrected chi connectivity index (χ1v) is 11.4. The third kappa shape index (κ3) is 3.70. The van der Waals surface area contributed by atoms with Gasteiger partial charge in [-0.25, -0.2) is 0 Å². The predicted molar refractivity (Wildman–Crippen MR) is 127 cm³/mol. The van der Waals surface area contributed by atoms with Crippen LogP contribution in [-0.2, 0) is 4.74 Å². The molecule has 1 amide bonds. The molecular weight excluding hydrogens is 434 g/mol. The molecule has 2 aromatic carbocycles. The highest BCUT2D eigenvalue weighted by Crippen LogP contribution is 2.39. The molecule has 5 rings (SSSR count). The van der Waals surface area contributed by atoms with Gasteiger partial charge in [0.2, 0.25) is 5.43 Å². The third-order valence-corrected chi connectivity index (χ3v) is 6.39. The monoisotopic (exact) mass is 461 g/mol. The van der Waals surface area contributed by atoms with Crippen LogP contribution in [0, 0.1) is 0 Å². The lowest BCUT2D eigenvalue weighted by molar-refractivity contribution is 0.0346. The molecule has 176 valence electrons. The molecule has 1 aromatic heterocycles. The Bertz CT molecular complexity index is 1240. The molecule has 1 N–H and O–H groups in total. The van der Waals surface area contributed by atoms with Gasteiger partial charge >= 0.3 is 0 Å². The van der Waals surface area contributed by atoms with E-state index in [4.69, 9.17) is 9.47 Å². The molecule has 34 heavy (non-hydrogen) atoms. The first-order valence-electron chi connectivity index (χ1n) is 11.4. The molecule has 3 aromatic rings. The number of rotatable bonds is 3. The Labute approximate surface area is 197 Å². The van der Waals surface area contributed by atoms with E-state index in [9.17, 15) is 14.7 Å². The number of carbonyl (C=O) groups is 1. The Morgan fingerprint density at radius 2 is 1.79 bits per heavy atom. The lowest BCUT2D eigenvalue weighted by Gasteiger charge is -2.49. The van der Waals surface area contributed by atoms with E-state index in [0.29, 0.717) is 19.6 Å². The number of ether oxygens (including phenoxy) is 2. The Morgan fingerprint density at radius 1 is 1.03 bits per heavy atom. The number of benzene rings is 2. The first-order chi connectivity index (χ1) is 16.6. The highest BCUT2D eigenvalue weighted by Gasteiger charge is 2.43. The molecule has 8 heteroatoms. The van der Waals surface area contributed by atoms with Crippen LogP contribution in [0.5, 0.6) is 11.5 Å². The van der Waals surface area contributed by atoms with E-state index in [2.05, 4.69) is 0 Å². The van der Waals surface area contributed by atoms with Crippen molar-refractivity contribution in [3.63, 3.8) is 0 Å². The molecule has 2 aliphatic rings. The fraction of sp³-hybridized carbons (Fsp3) is 0.308. The minimum absolute atomic E-state index is 0.0431. The summed E-state index contributed by atoms with van der Waals surface area (Å²) in [5.74, 6) is -0.192. The van der Waals surface area contributed by atoms with Gasteiger partial charge in [0.25, 0.3) is 5.91 Å². The molecule has 0 radical (unpaired) electrons. The molecule has 0 saturated carbocycles. The second-order valence-corrected chi connectivity index (χ2v) is 8.44. The quantitative estimate of drug-likeness (QED) is 0.646. The zero-order valence-electron chi connectivity index (χ0n) is 19.0. The van der Waals surface area contributed by atoms with E-state index in [1.54, 1.807) is 22.9 Å². The third-order valence-electron chi connectivity index (χ3n) is 6.39. The van der Waals surface area contributed by atoms with E-state index >= 15 is 0 Å². The van der Waals surface area contributed by atoms with Gasteiger partial charge in [0.15, 0.2) is 11.4 Å². The van der Waals surface area contributed by atoms with Gasteiger partial charge in [0, 0.05) is 31.5 Å². The molecule has 0 aliphatic carbocycles. The summed E-state index contributed by atoms with van der Waals surface area (Å²) in [6, 6.07) is 18.7. The summed E-state index contributed by atoms with van der Waals surface area (Å²) in [5, 5.41) is 12.7. The molecule has 0 fully saturated rings. The Hall–Kier alpha value is -3.78. The zero-order chi connectivity index (χ0) is 23.7. The number of hydrogen-bond donors (Lipinski definition) is 1. The van der Waals surface area contributed by atoms with Gasteiger partial charge in [-0.3, -0.25) is 19.3 Å². The van der Waals surface area contributed by atoms with Crippen molar-refractivity contribution in [2.75, 3.05) is 31.9 Å². The van der Waals surface area contributed by atoms with E-state index in [1.807, 2.05) is 59.6 Å². The second-order valence-electron chi connectivity index (χ2n) is 8.44. The Kier molecular flexibility index (Phi) is 5.98. The lowest BCUT2D eigenvalue weighted by atomic mass is 9.96. The molecule has 2 atom stereocenters. The molecule has 0 spiro atoms. The first kappa shape index (κ1) is 22.0. The average molecular weight is 462 g/mol. The maximum absolute atomic E-state index is 13.6. The van der Waals surface area contributed by atoms with Gasteiger partial charge in [0.1, 0.15) is 18.0 Å². The average Bonchev–Trinajstić information content (AvgIpc) is 2.87. The lowest BCUT2D eigenvalue weighted by Crippen LogP contribution is -2.64. The van der Waals surface area contributed by atoms with Gasteiger partial charge < -0.3 is 19.5 Å². The number of methoxy groups -OCH3 is 1. The predicted octanol–water partition coefficient (Wildman–Crippen LogP) is 2.88. The van der Waals surface area contributed by atoms with Crippen molar-refractivity contribution in [1.29, 1.82) is 0 Å². The van der Waals surface area contributed by atoms with Crippen LogP contribution in [0.25, 0.3) is 0 Å². The molecular formula is C26H27N3O5. The van der Waals surface area contributed by atoms with Gasteiger partial charge in [-0.05, 0) is 24.5 Å². The number of pyridine rings is 1. The van der Waals surface area contributed by atoms with Crippen LogP contribution in [0.1, 0.15) is 40.5 Å². The van der Waals surface area contributed by atoms with Crippen molar-refractivity contribution in [1.82, 2.24) is 9.58 Å². The maximum atomic E-state index is 13.6. The van der Waals surface area contributed by atoms with Crippen LogP contribution in [0.4, 0.5) is 0 Å². The highest BCUT2D eigenvalue weighted by atomic mass is 16.5. The minimum Gasteiger partial charge on any atom is -0.502 e. The van der Waals surface area contributed by atoms with Crippen molar-refractivity contribution in [3.8, 4) is 11.5 Å². The number of carbonyl (C=O) groups excluding carboxylic acids is 1. The number of nitrogens with zero attached hydrogens (tertiary/aromatic N) is 3. The van der Waals surface area contributed by atoms with Crippen molar-refractivity contribution < 1.29 is 19.4 Å². The maximum Gasteiger partial charge on any atom is 0.278 e. The molecule has 2 aliphatic heterocycles. The summed E-state index contributed by atoms with van der Waals surface area (Å²) in [6.45, 7) is 1.20.